The number of nitrogens with one attached hydrogen (secondary N) is 1. The summed E-state index contributed by atoms with van der Waals surface area (Å²) in [5.41, 5.74) is 3.17. The fourth-order valence-corrected chi connectivity index (χ4v) is 5.14. The maximum absolute atomic E-state index is 13.7. The van der Waals surface area contributed by atoms with Gasteiger partial charge in [-0.15, -0.1) is 0 Å². The molecule has 2 aliphatic rings. The molecule has 2 aliphatic heterocycles. The predicted octanol–water partition coefficient (Wildman–Crippen LogP) is 3.25. The first-order valence-electron chi connectivity index (χ1n) is 10.8. The summed E-state index contributed by atoms with van der Waals surface area (Å²) in [5.74, 6) is 0.804. The fourth-order valence-electron chi connectivity index (χ4n) is 5.14. The molecule has 0 aliphatic carbocycles. The third kappa shape index (κ3) is 3.09. The molecule has 0 spiro atoms. The van der Waals surface area contributed by atoms with Crippen LogP contribution >= 0.6 is 0 Å². The van der Waals surface area contributed by atoms with Gasteiger partial charge in [-0.05, 0) is 55.5 Å². The van der Waals surface area contributed by atoms with E-state index in [4.69, 9.17) is 4.74 Å². The molecule has 1 saturated heterocycles. The molecule has 3 aromatic rings. The lowest BCUT2D eigenvalue weighted by molar-refractivity contribution is -0.166. The smallest absolute Gasteiger partial charge is 0.254 e. The molecule has 0 radical (unpaired) electrons. The van der Waals surface area contributed by atoms with E-state index < -0.39 is 5.54 Å². The Kier molecular flexibility index (Phi) is 4.73. The summed E-state index contributed by atoms with van der Waals surface area (Å²) in [5, 5.41) is 1.07. The molecule has 5 rings (SSSR count). The summed E-state index contributed by atoms with van der Waals surface area (Å²) in [7, 11) is 1.65. The first-order valence-corrected chi connectivity index (χ1v) is 10.8. The van der Waals surface area contributed by atoms with Crippen LogP contribution in [0.2, 0.25) is 0 Å². The Morgan fingerprint density at radius 1 is 1.13 bits per heavy atom. The molecule has 3 heterocycles. The van der Waals surface area contributed by atoms with Crippen molar-refractivity contribution in [3.63, 3.8) is 0 Å². The van der Waals surface area contributed by atoms with Crippen molar-refractivity contribution in [2.24, 2.45) is 0 Å². The second-order valence-corrected chi connectivity index (χ2v) is 8.57. The minimum atomic E-state index is -0.998. The van der Waals surface area contributed by atoms with E-state index in [1.165, 1.54) is 5.56 Å². The molecule has 0 saturated carbocycles. The zero-order valence-electron chi connectivity index (χ0n) is 18.0. The van der Waals surface area contributed by atoms with Crippen molar-refractivity contribution in [1.82, 2.24) is 14.8 Å². The van der Waals surface area contributed by atoms with Gasteiger partial charge in [0.1, 0.15) is 5.75 Å². The molecule has 2 amide bonds. The summed E-state index contributed by atoms with van der Waals surface area (Å²) in [6.07, 6.45) is 2.44. The van der Waals surface area contributed by atoms with Crippen LogP contribution < -0.4 is 4.74 Å². The van der Waals surface area contributed by atoms with Crippen LogP contribution in [-0.4, -0.2) is 53.3 Å². The number of amides is 2. The molecular weight excluding hydrogens is 390 g/mol. The Morgan fingerprint density at radius 2 is 1.94 bits per heavy atom. The Morgan fingerprint density at radius 3 is 2.71 bits per heavy atom. The number of fused-ring (bicyclic) bond motifs is 5. The number of nitrogens with zero attached hydrogens (tertiary/aromatic N) is 2. The van der Waals surface area contributed by atoms with Gasteiger partial charge < -0.3 is 19.5 Å². The summed E-state index contributed by atoms with van der Waals surface area (Å²) < 4.78 is 5.40. The van der Waals surface area contributed by atoms with Crippen LogP contribution in [-0.2, 0) is 28.0 Å². The van der Waals surface area contributed by atoms with Gasteiger partial charge in [0.05, 0.1) is 19.3 Å². The number of rotatable bonds is 5. The number of hydrogen-bond donors (Lipinski definition) is 1. The van der Waals surface area contributed by atoms with Gasteiger partial charge in [0, 0.05) is 24.0 Å². The van der Waals surface area contributed by atoms with Crippen molar-refractivity contribution in [2.45, 2.75) is 31.7 Å². The van der Waals surface area contributed by atoms with Gasteiger partial charge >= 0.3 is 0 Å². The molecule has 6 heteroatoms. The molecule has 1 aromatic heterocycles. The zero-order valence-corrected chi connectivity index (χ0v) is 18.0. The molecular formula is C25H27N3O3. The minimum Gasteiger partial charge on any atom is -0.497 e. The van der Waals surface area contributed by atoms with E-state index in [0.717, 1.165) is 47.2 Å². The highest BCUT2D eigenvalue weighted by molar-refractivity contribution is 6.00. The number of carbonyl (C=O) groups is 2. The summed E-state index contributed by atoms with van der Waals surface area (Å²) >= 11 is 0. The van der Waals surface area contributed by atoms with Gasteiger partial charge in [-0.1, -0.05) is 30.3 Å². The number of carbonyl (C=O) groups excluding carboxylic acids is 2. The maximum atomic E-state index is 13.7. The van der Waals surface area contributed by atoms with Crippen LogP contribution in [0.4, 0.5) is 0 Å². The van der Waals surface area contributed by atoms with Crippen LogP contribution in [0.25, 0.3) is 10.9 Å². The predicted molar refractivity (Wildman–Crippen MR) is 119 cm³/mol. The number of hydrogen-bond acceptors (Lipinski definition) is 3. The molecule has 2 aromatic carbocycles. The average molecular weight is 418 g/mol. The highest BCUT2D eigenvalue weighted by Gasteiger charge is 2.53. The molecule has 160 valence electrons. The Balaban J connectivity index is 1.46. The standard InChI is InChI=1S/C25H27N3O3/c1-25-23-19(20-15-18(31-2)10-11-21(20)26-23)12-14-28(25)22(29)16-27(24(25)30)13-6-9-17-7-4-3-5-8-17/h3-5,7-8,10-11,15,26H,6,9,12-14,16H2,1-2H3. The van der Waals surface area contributed by atoms with Gasteiger partial charge in [-0.2, -0.15) is 0 Å². The van der Waals surface area contributed by atoms with Gasteiger partial charge in [0.25, 0.3) is 5.91 Å². The molecule has 1 unspecified atom stereocenters. The molecule has 0 bridgehead atoms. The maximum Gasteiger partial charge on any atom is 0.254 e. The first-order chi connectivity index (χ1) is 15.0. The van der Waals surface area contributed by atoms with E-state index in [2.05, 4.69) is 17.1 Å². The topological polar surface area (TPSA) is 65.6 Å². The lowest BCUT2D eigenvalue weighted by Gasteiger charge is -2.49. The lowest BCUT2D eigenvalue weighted by atomic mass is 9.83. The van der Waals surface area contributed by atoms with Gasteiger partial charge in [0.2, 0.25) is 5.91 Å². The number of H-pyrrole nitrogens is 1. The lowest BCUT2D eigenvalue weighted by Crippen LogP contribution is -2.67. The number of methoxy groups -OCH3 is 1. The van der Waals surface area contributed by atoms with Crippen LogP contribution in [0.15, 0.2) is 48.5 Å². The Bertz CT molecular complexity index is 1150. The fraction of sp³-hybridized carbons (Fsp3) is 0.360. The quantitative estimate of drug-likeness (QED) is 0.693. The summed E-state index contributed by atoms with van der Waals surface area (Å²) in [6.45, 7) is 3.18. The second kappa shape index (κ2) is 7.45. The number of ether oxygens (including phenoxy) is 1. The summed E-state index contributed by atoms with van der Waals surface area (Å²) in [4.78, 5) is 33.7. The van der Waals surface area contributed by atoms with Crippen LogP contribution in [0, 0.1) is 0 Å². The zero-order chi connectivity index (χ0) is 21.6. The Labute approximate surface area is 181 Å². The highest BCUT2D eigenvalue weighted by Crippen LogP contribution is 2.42. The van der Waals surface area contributed by atoms with Crippen LogP contribution in [0.1, 0.15) is 30.2 Å². The van der Waals surface area contributed by atoms with Crippen molar-refractivity contribution in [1.29, 1.82) is 0 Å². The number of piperazine rings is 1. The van der Waals surface area contributed by atoms with Gasteiger partial charge in [-0.25, -0.2) is 0 Å². The summed E-state index contributed by atoms with van der Waals surface area (Å²) in [6, 6.07) is 16.1. The SMILES string of the molecule is COc1ccc2[nH]c3c(c2c1)CCN1C(=O)CN(CCCc2ccccc2)C(=O)C31C. The van der Waals surface area contributed by atoms with Crippen molar-refractivity contribution in [3.8, 4) is 5.75 Å². The minimum absolute atomic E-state index is 0.000340. The van der Waals surface area contributed by atoms with E-state index in [-0.39, 0.29) is 18.4 Å². The molecule has 31 heavy (non-hydrogen) atoms. The Hall–Kier alpha value is -3.28. The van der Waals surface area contributed by atoms with Crippen molar-refractivity contribution in [3.05, 3.63) is 65.4 Å². The number of aromatic nitrogens is 1. The van der Waals surface area contributed by atoms with E-state index in [1.807, 2.05) is 43.3 Å². The number of aryl methyl sites for hydroxylation is 1. The second-order valence-electron chi connectivity index (χ2n) is 8.57. The van der Waals surface area contributed by atoms with Gasteiger partial charge in [-0.3, -0.25) is 9.59 Å². The van der Waals surface area contributed by atoms with Crippen LogP contribution in [0.5, 0.6) is 5.75 Å². The first kappa shape index (κ1) is 19.7. The average Bonchev–Trinajstić information content (AvgIpc) is 3.17. The molecule has 1 atom stereocenters. The highest BCUT2D eigenvalue weighted by atomic mass is 16.5. The van der Waals surface area contributed by atoms with E-state index in [0.29, 0.717) is 13.1 Å². The number of benzene rings is 2. The monoisotopic (exact) mass is 417 g/mol. The van der Waals surface area contributed by atoms with E-state index in [1.54, 1.807) is 16.9 Å². The van der Waals surface area contributed by atoms with Crippen molar-refractivity contribution < 1.29 is 14.3 Å². The molecule has 1 fully saturated rings. The normalized spacial score (nSPS) is 20.7. The molecule has 6 nitrogen and oxygen atoms in total. The third-order valence-corrected chi connectivity index (χ3v) is 6.79. The molecule has 1 N–H and O–H groups in total. The number of aromatic amines is 1. The van der Waals surface area contributed by atoms with E-state index in [9.17, 15) is 9.59 Å². The van der Waals surface area contributed by atoms with Crippen molar-refractivity contribution in [2.75, 3.05) is 26.7 Å². The third-order valence-electron chi connectivity index (χ3n) is 6.79. The van der Waals surface area contributed by atoms with E-state index >= 15 is 0 Å². The largest absolute Gasteiger partial charge is 0.497 e. The van der Waals surface area contributed by atoms with Crippen LogP contribution in [0.3, 0.4) is 0 Å². The van der Waals surface area contributed by atoms with Gasteiger partial charge in [0.15, 0.2) is 5.54 Å². The van der Waals surface area contributed by atoms with Crippen molar-refractivity contribution >= 4 is 22.7 Å².